The van der Waals surface area contributed by atoms with Crippen LogP contribution in [-0.4, -0.2) is 21.0 Å². The predicted molar refractivity (Wildman–Crippen MR) is 94.9 cm³/mol. The number of nitrogens with zero attached hydrogens (tertiary/aromatic N) is 3. The van der Waals surface area contributed by atoms with E-state index in [1.807, 2.05) is 12.1 Å². The second kappa shape index (κ2) is 7.64. The maximum Gasteiger partial charge on any atom is 0.354 e. The van der Waals surface area contributed by atoms with Crippen LogP contribution in [-0.2, 0) is 6.61 Å². The third-order valence-corrected chi connectivity index (χ3v) is 3.79. The van der Waals surface area contributed by atoms with Crippen LogP contribution in [0.25, 0.3) is 11.4 Å². The molecule has 128 valence electrons. The summed E-state index contributed by atoms with van der Waals surface area (Å²) in [5, 5.41) is 19.0. The van der Waals surface area contributed by atoms with Crippen molar-refractivity contribution in [1.82, 2.24) is 9.97 Å². The van der Waals surface area contributed by atoms with Gasteiger partial charge in [-0.1, -0.05) is 23.7 Å². The third kappa shape index (κ3) is 3.97. The average molecular weight is 366 g/mol. The van der Waals surface area contributed by atoms with Crippen molar-refractivity contribution in [2.45, 2.75) is 6.61 Å². The van der Waals surface area contributed by atoms with Crippen molar-refractivity contribution in [2.24, 2.45) is 0 Å². The molecule has 0 fully saturated rings. The van der Waals surface area contributed by atoms with E-state index in [0.717, 1.165) is 5.56 Å². The van der Waals surface area contributed by atoms with Crippen LogP contribution in [0.3, 0.4) is 0 Å². The lowest BCUT2D eigenvalue weighted by Gasteiger charge is -2.09. The molecule has 6 nitrogen and oxygen atoms in total. The van der Waals surface area contributed by atoms with Crippen LogP contribution in [0, 0.1) is 11.3 Å². The van der Waals surface area contributed by atoms with Crippen LogP contribution < -0.4 is 4.74 Å². The van der Waals surface area contributed by atoms with E-state index in [1.54, 1.807) is 30.3 Å². The van der Waals surface area contributed by atoms with Gasteiger partial charge in [-0.05, 0) is 42.0 Å². The fraction of sp³-hybridized carbons (Fsp3) is 0.0526. The monoisotopic (exact) mass is 365 g/mol. The molecule has 7 heteroatoms. The van der Waals surface area contributed by atoms with Crippen LogP contribution in [0.1, 0.15) is 21.6 Å². The number of carbonyl (C=O) groups is 1. The third-order valence-electron chi connectivity index (χ3n) is 3.54. The molecular formula is C19H12ClN3O3. The molecule has 0 atom stereocenters. The minimum Gasteiger partial charge on any atom is -0.488 e. The van der Waals surface area contributed by atoms with Gasteiger partial charge in [0.25, 0.3) is 0 Å². The SMILES string of the molecule is N#Cc1cc(-c2nccc(C(=O)O)n2)ccc1OCc1ccc(Cl)cc1. The van der Waals surface area contributed by atoms with Crippen LogP contribution in [0.5, 0.6) is 5.75 Å². The van der Waals surface area contributed by atoms with Gasteiger partial charge in [0.05, 0.1) is 5.56 Å². The van der Waals surface area contributed by atoms with Gasteiger partial charge in [-0.2, -0.15) is 5.26 Å². The number of benzene rings is 2. The topological polar surface area (TPSA) is 96.1 Å². The van der Waals surface area contributed by atoms with Gasteiger partial charge in [0.15, 0.2) is 11.5 Å². The number of ether oxygens (including phenoxy) is 1. The number of hydrogen-bond acceptors (Lipinski definition) is 5. The van der Waals surface area contributed by atoms with Gasteiger partial charge in [0.1, 0.15) is 18.4 Å². The molecule has 1 N–H and O–H groups in total. The Labute approximate surface area is 154 Å². The molecule has 0 aliphatic rings. The van der Waals surface area contributed by atoms with Crippen LogP contribution >= 0.6 is 11.6 Å². The van der Waals surface area contributed by atoms with Crippen molar-refractivity contribution < 1.29 is 14.6 Å². The largest absolute Gasteiger partial charge is 0.488 e. The highest BCUT2D eigenvalue weighted by molar-refractivity contribution is 6.30. The smallest absolute Gasteiger partial charge is 0.354 e. The number of carboxylic acids is 1. The van der Waals surface area contributed by atoms with E-state index in [1.165, 1.54) is 12.3 Å². The Balaban J connectivity index is 1.84. The molecule has 3 aromatic rings. The van der Waals surface area contributed by atoms with E-state index in [-0.39, 0.29) is 18.1 Å². The van der Waals surface area contributed by atoms with Crippen molar-refractivity contribution >= 4 is 17.6 Å². The summed E-state index contributed by atoms with van der Waals surface area (Å²) < 4.78 is 5.71. The second-order valence-electron chi connectivity index (χ2n) is 5.31. The Bertz CT molecular complexity index is 998. The molecule has 1 heterocycles. The molecule has 0 saturated carbocycles. The molecule has 0 radical (unpaired) electrons. The van der Waals surface area contributed by atoms with Crippen molar-refractivity contribution in [3.63, 3.8) is 0 Å². The number of nitriles is 1. The Morgan fingerprint density at radius 2 is 1.96 bits per heavy atom. The summed E-state index contributed by atoms with van der Waals surface area (Å²) in [6.45, 7) is 0.288. The normalized spacial score (nSPS) is 10.2. The van der Waals surface area contributed by atoms with E-state index in [9.17, 15) is 10.1 Å². The van der Waals surface area contributed by atoms with E-state index >= 15 is 0 Å². The summed E-state index contributed by atoms with van der Waals surface area (Å²) in [5.41, 5.74) is 1.64. The van der Waals surface area contributed by atoms with Crippen LogP contribution in [0.4, 0.5) is 0 Å². The average Bonchev–Trinajstić information content (AvgIpc) is 2.67. The van der Waals surface area contributed by atoms with E-state index in [2.05, 4.69) is 16.0 Å². The molecule has 0 spiro atoms. The molecule has 0 bridgehead atoms. The van der Waals surface area contributed by atoms with Crippen molar-refractivity contribution in [2.75, 3.05) is 0 Å². The molecule has 0 unspecified atom stereocenters. The standard InChI is InChI=1S/C19H12ClN3O3/c20-15-4-1-12(2-5-15)11-26-17-6-3-13(9-14(17)10-21)18-22-8-7-16(23-18)19(24)25/h1-9H,11H2,(H,24,25). The summed E-state index contributed by atoms with van der Waals surface area (Å²) in [4.78, 5) is 19.1. The first-order valence-corrected chi connectivity index (χ1v) is 7.93. The molecular weight excluding hydrogens is 354 g/mol. The zero-order valence-electron chi connectivity index (χ0n) is 13.4. The van der Waals surface area contributed by atoms with Gasteiger partial charge in [-0.3, -0.25) is 0 Å². The van der Waals surface area contributed by atoms with E-state index < -0.39 is 5.97 Å². The summed E-state index contributed by atoms with van der Waals surface area (Å²) in [6, 6.07) is 15.5. The first kappa shape index (κ1) is 17.4. The number of aromatic carboxylic acids is 1. The minimum absolute atomic E-state index is 0.114. The Hall–Kier alpha value is -3.43. The van der Waals surface area contributed by atoms with Crippen LogP contribution in [0.2, 0.25) is 5.02 Å². The highest BCUT2D eigenvalue weighted by atomic mass is 35.5. The highest BCUT2D eigenvalue weighted by Crippen LogP contribution is 2.25. The van der Waals surface area contributed by atoms with Gasteiger partial charge in [-0.15, -0.1) is 0 Å². The Kier molecular flexibility index (Phi) is 5.11. The number of aromatic nitrogens is 2. The molecule has 26 heavy (non-hydrogen) atoms. The molecule has 1 aromatic heterocycles. The van der Waals surface area contributed by atoms with Crippen molar-refractivity contribution in [3.8, 4) is 23.2 Å². The minimum atomic E-state index is -1.14. The van der Waals surface area contributed by atoms with E-state index in [4.69, 9.17) is 21.4 Å². The number of hydrogen-bond donors (Lipinski definition) is 1. The predicted octanol–water partition coefficient (Wildman–Crippen LogP) is 3.95. The summed E-state index contributed by atoms with van der Waals surface area (Å²) in [6.07, 6.45) is 1.36. The zero-order chi connectivity index (χ0) is 18.5. The summed E-state index contributed by atoms with van der Waals surface area (Å²) >= 11 is 5.85. The van der Waals surface area contributed by atoms with Gasteiger partial charge < -0.3 is 9.84 Å². The number of carboxylic acid groups (broad SMARTS) is 1. The first-order valence-electron chi connectivity index (χ1n) is 7.55. The molecule has 0 aliphatic carbocycles. The van der Waals surface area contributed by atoms with Gasteiger partial charge in [0, 0.05) is 16.8 Å². The molecule has 0 saturated heterocycles. The van der Waals surface area contributed by atoms with Gasteiger partial charge in [0.2, 0.25) is 0 Å². The molecule has 3 rings (SSSR count). The lowest BCUT2D eigenvalue weighted by atomic mass is 10.1. The maximum atomic E-state index is 11.0. The second-order valence-corrected chi connectivity index (χ2v) is 5.74. The quantitative estimate of drug-likeness (QED) is 0.735. The maximum absolute atomic E-state index is 11.0. The summed E-state index contributed by atoms with van der Waals surface area (Å²) in [7, 11) is 0. The zero-order valence-corrected chi connectivity index (χ0v) is 14.1. The van der Waals surface area contributed by atoms with Crippen molar-refractivity contribution in [3.05, 3.63) is 76.6 Å². The lowest BCUT2D eigenvalue weighted by Crippen LogP contribution is -2.02. The molecule has 0 amide bonds. The van der Waals surface area contributed by atoms with Gasteiger partial charge in [-0.25, -0.2) is 14.8 Å². The first-order chi connectivity index (χ1) is 12.6. The van der Waals surface area contributed by atoms with Crippen molar-refractivity contribution in [1.29, 1.82) is 5.26 Å². The lowest BCUT2D eigenvalue weighted by molar-refractivity contribution is 0.0690. The fourth-order valence-electron chi connectivity index (χ4n) is 2.24. The number of halogens is 1. The fourth-order valence-corrected chi connectivity index (χ4v) is 2.37. The molecule has 2 aromatic carbocycles. The Morgan fingerprint density at radius 3 is 2.65 bits per heavy atom. The number of rotatable bonds is 5. The highest BCUT2D eigenvalue weighted by Gasteiger charge is 2.11. The summed E-state index contributed by atoms with van der Waals surface area (Å²) in [5.74, 6) is -0.497. The van der Waals surface area contributed by atoms with Gasteiger partial charge >= 0.3 is 5.97 Å². The Morgan fingerprint density at radius 1 is 1.19 bits per heavy atom. The van der Waals surface area contributed by atoms with Crippen LogP contribution in [0.15, 0.2) is 54.7 Å². The molecule has 0 aliphatic heterocycles. The van der Waals surface area contributed by atoms with E-state index in [0.29, 0.717) is 21.9 Å².